The summed E-state index contributed by atoms with van der Waals surface area (Å²) in [5.41, 5.74) is 8.24. The van der Waals surface area contributed by atoms with Gasteiger partial charge in [0.25, 0.3) is 0 Å². The Bertz CT molecular complexity index is 930. The maximum absolute atomic E-state index is 4.31. The molecule has 2 aromatic rings. The molecular formula is C36H61N3. The van der Waals surface area contributed by atoms with Crippen molar-refractivity contribution in [3.63, 3.8) is 0 Å². The van der Waals surface area contributed by atoms with Gasteiger partial charge >= 0.3 is 0 Å². The maximum atomic E-state index is 4.31. The summed E-state index contributed by atoms with van der Waals surface area (Å²) in [6, 6.07) is 10.5. The number of benzene rings is 1. The molecule has 0 aliphatic rings. The van der Waals surface area contributed by atoms with Crippen molar-refractivity contribution >= 4 is 23.6 Å². The van der Waals surface area contributed by atoms with Crippen LogP contribution in [0, 0.1) is 26.7 Å². The summed E-state index contributed by atoms with van der Waals surface area (Å²) in [7, 11) is 3.47. The molecule has 3 nitrogen and oxygen atoms in total. The van der Waals surface area contributed by atoms with Gasteiger partial charge in [0.1, 0.15) is 0 Å². The molecule has 0 saturated heterocycles. The third kappa shape index (κ3) is 27.8. The Kier molecular flexibility index (Phi) is 34.3. The van der Waals surface area contributed by atoms with Gasteiger partial charge in [0.05, 0.1) is 5.69 Å². The lowest BCUT2D eigenvalue weighted by Crippen LogP contribution is -1.90. The van der Waals surface area contributed by atoms with E-state index in [1.807, 2.05) is 59.2 Å². The number of nitrogens with zero attached hydrogens (tertiary/aromatic N) is 3. The van der Waals surface area contributed by atoms with Crippen LogP contribution in [0.25, 0.3) is 11.1 Å². The van der Waals surface area contributed by atoms with E-state index >= 15 is 0 Å². The van der Waals surface area contributed by atoms with E-state index in [1.165, 1.54) is 35.1 Å². The Hall–Kier alpha value is -3.07. The van der Waals surface area contributed by atoms with Crippen molar-refractivity contribution in [2.24, 2.45) is 15.9 Å². The normalized spacial score (nSPS) is 9.87. The van der Waals surface area contributed by atoms with Crippen molar-refractivity contribution in [2.45, 2.75) is 95.9 Å². The highest BCUT2D eigenvalue weighted by Gasteiger charge is 1.98. The van der Waals surface area contributed by atoms with Crippen molar-refractivity contribution < 1.29 is 0 Å². The number of aryl methyl sites for hydroxylation is 3. The monoisotopic (exact) mass is 535 g/mol. The Morgan fingerprint density at radius 2 is 1.46 bits per heavy atom. The van der Waals surface area contributed by atoms with E-state index in [1.54, 1.807) is 26.4 Å². The molecule has 0 unspecified atom stereocenters. The lowest BCUT2D eigenvalue weighted by Gasteiger charge is -2.05. The zero-order chi connectivity index (χ0) is 31.2. The van der Waals surface area contributed by atoms with Gasteiger partial charge in [0, 0.05) is 38.3 Å². The summed E-state index contributed by atoms with van der Waals surface area (Å²) in [6.07, 6.45) is 11.5. The Labute approximate surface area is 244 Å². The largest absolute Gasteiger partial charge is 0.297 e. The molecule has 0 N–H and O–H groups in total. The van der Waals surface area contributed by atoms with E-state index in [0.29, 0.717) is 0 Å². The van der Waals surface area contributed by atoms with E-state index in [-0.39, 0.29) is 0 Å². The SMILES string of the molecule is C/C=C(\C=NC)c1ccc(C)cn1.C=C(C)c1cc(C)ccc1C.C=CC=NC.CC.CCC.CCC(C)C. The van der Waals surface area contributed by atoms with Gasteiger partial charge < -0.3 is 0 Å². The van der Waals surface area contributed by atoms with Gasteiger partial charge in [-0.3, -0.25) is 15.0 Å². The van der Waals surface area contributed by atoms with Gasteiger partial charge in [-0.15, -0.1) is 0 Å². The van der Waals surface area contributed by atoms with E-state index in [4.69, 9.17) is 0 Å². The smallest absolute Gasteiger partial charge is 0.0714 e. The van der Waals surface area contributed by atoms with E-state index in [9.17, 15) is 0 Å². The Morgan fingerprint density at radius 3 is 1.74 bits per heavy atom. The topological polar surface area (TPSA) is 37.6 Å². The molecule has 0 fully saturated rings. The molecule has 0 aliphatic carbocycles. The molecule has 0 amide bonds. The van der Waals surface area contributed by atoms with Crippen LogP contribution < -0.4 is 0 Å². The quantitative estimate of drug-likeness (QED) is 0.351. The lowest BCUT2D eigenvalue weighted by molar-refractivity contribution is 0.626. The first-order valence-electron chi connectivity index (χ1n) is 14.3. The van der Waals surface area contributed by atoms with Crippen LogP contribution in [-0.4, -0.2) is 31.5 Å². The molecule has 1 heterocycles. The molecule has 0 atom stereocenters. The summed E-state index contributed by atoms with van der Waals surface area (Å²) < 4.78 is 0. The average Bonchev–Trinajstić information content (AvgIpc) is 2.92. The molecule has 0 bridgehead atoms. The third-order valence-corrected chi connectivity index (χ3v) is 4.71. The third-order valence-electron chi connectivity index (χ3n) is 4.71. The van der Waals surface area contributed by atoms with Gasteiger partial charge in [-0.25, -0.2) is 0 Å². The average molecular weight is 536 g/mol. The Balaban J connectivity index is -0.000000212. The second-order valence-corrected chi connectivity index (χ2v) is 9.10. The highest BCUT2D eigenvalue weighted by atomic mass is 14.7. The number of hydrogen-bond acceptors (Lipinski definition) is 3. The van der Waals surface area contributed by atoms with Gasteiger partial charge in [-0.1, -0.05) is 122 Å². The molecule has 3 heteroatoms. The summed E-state index contributed by atoms with van der Waals surface area (Å²) >= 11 is 0. The summed E-state index contributed by atoms with van der Waals surface area (Å²) in [4.78, 5) is 11.9. The second kappa shape index (κ2) is 31.1. The van der Waals surface area contributed by atoms with Crippen LogP contribution in [0.5, 0.6) is 0 Å². The van der Waals surface area contributed by atoms with Crippen LogP contribution in [0.15, 0.2) is 71.8 Å². The maximum Gasteiger partial charge on any atom is 0.0714 e. The fraction of sp³-hybridized carbons (Fsp3) is 0.472. The predicted octanol–water partition coefficient (Wildman–Crippen LogP) is 11.2. The van der Waals surface area contributed by atoms with E-state index < -0.39 is 0 Å². The molecule has 0 spiro atoms. The first kappa shape index (κ1) is 43.0. The molecule has 0 saturated carbocycles. The second-order valence-electron chi connectivity index (χ2n) is 9.10. The Morgan fingerprint density at radius 1 is 0.949 bits per heavy atom. The molecule has 220 valence electrons. The fourth-order valence-electron chi connectivity index (χ4n) is 2.37. The first-order valence-corrected chi connectivity index (χ1v) is 14.3. The minimum absolute atomic E-state index is 0.884. The number of allylic oxidation sites excluding steroid dienone is 4. The molecule has 2 rings (SSSR count). The molecule has 1 aromatic carbocycles. The molecule has 0 aliphatic heterocycles. The van der Waals surface area contributed by atoms with Crippen molar-refractivity contribution in [3.8, 4) is 0 Å². The minimum Gasteiger partial charge on any atom is -0.297 e. The number of aliphatic imine (C=N–C) groups is 2. The fourth-order valence-corrected chi connectivity index (χ4v) is 2.37. The van der Waals surface area contributed by atoms with Crippen LogP contribution in [0.4, 0.5) is 0 Å². The van der Waals surface area contributed by atoms with Crippen molar-refractivity contribution in [1.29, 1.82) is 0 Å². The number of rotatable bonds is 5. The number of hydrogen-bond donors (Lipinski definition) is 0. The first-order chi connectivity index (χ1) is 18.5. The van der Waals surface area contributed by atoms with Crippen LogP contribution in [0.2, 0.25) is 0 Å². The lowest BCUT2D eigenvalue weighted by atomic mass is 10.0. The summed E-state index contributed by atoms with van der Waals surface area (Å²) in [5, 5.41) is 0. The minimum atomic E-state index is 0.884. The number of aromatic nitrogens is 1. The highest BCUT2D eigenvalue weighted by Crippen LogP contribution is 2.17. The van der Waals surface area contributed by atoms with Crippen molar-refractivity contribution in [3.05, 3.63) is 89.8 Å². The number of pyridine rings is 1. The molecule has 1 aromatic heterocycles. The van der Waals surface area contributed by atoms with E-state index in [0.717, 1.165) is 22.8 Å². The standard InChI is InChI=1S/C11H14N2.C11H14.C5H12.C4H7N.C3H8.C2H6/c1-4-10(8-12-3)11-6-5-9(2)7-13-11;1-8(2)11-7-9(3)5-6-10(11)4;1-4-5(2)3;1-3-4-5-2;1-3-2;1-2/h4-8H,1-3H3;5-7H,1H2,2-4H3;5H,4H2,1-3H3;3-4H,1H2,2H3;3H2,1-2H3;1-2H3/b10-4+,12-8?;;;;;. The van der Waals surface area contributed by atoms with Crippen LogP contribution in [0.1, 0.15) is 103 Å². The predicted molar refractivity (Wildman–Crippen MR) is 185 cm³/mol. The van der Waals surface area contributed by atoms with Gasteiger partial charge in [-0.05, 0) is 63.3 Å². The van der Waals surface area contributed by atoms with Gasteiger partial charge in [0.2, 0.25) is 0 Å². The summed E-state index contributed by atoms with van der Waals surface area (Å²) in [6.45, 7) is 32.5. The van der Waals surface area contributed by atoms with Crippen LogP contribution >= 0.6 is 0 Å². The van der Waals surface area contributed by atoms with Crippen LogP contribution in [-0.2, 0) is 0 Å². The zero-order valence-corrected chi connectivity index (χ0v) is 28.0. The van der Waals surface area contributed by atoms with Gasteiger partial charge in [0.15, 0.2) is 0 Å². The molecular weight excluding hydrogens is 474 g/mol. The molecule has 39 heavy (non-hydrogen) atoms. The van der Waals surface area contributed by atoms with Crippen LogP contribution in [0.3, 0.4) is 0 Å². The van der Waals surface area contributed by atoms with E-state index in [2.05, 4.69) is 101 Å². The highest BCUT2D eigenvalue weighted by molar-refractivity contribution is 6.08. The molecule has 0 radical (unpaired) electrons. The van der Waals surface area contributed by atoms with Gasteiger partial charge in [-0.2, -0.15) is 0 Å². The summed E-state index contributed by atoms with van der Waals surface area (Å²) in [5.74, 6) is 0.884. The van der Waals surface area contributed by atoms with Crippen molar-refractivity contribution in [2.75, 3.05) is 14.1 Å². The van der Waals surface area contributed by atoms with Crippen molar-refractivity contribution in [1.82, 2.24) is 4.98 Å². The zero-order valence-electron chi connectivity index (χ0n) is 28.0.